The van der Waals surface area contributed by atoms with Crippen LogP contribution in [0.4, 0.5) is 8.78 Å². The Morgan fingerprint density at radius 3 is 1.93 bits per heavy atom. The predicted octanol–water partition coefficient (Wildman–Crippen LogP) is 5.56. The number of carbonyl (C=O) groups is 1. The fourth-order valence-electron chi connectivity index (χ4n) is 5.90. The molecule has 0 radical (unpaired) electrons. The summed E-state index contributed by atoms with van der Waals surface area (Å²) in [6.07, 6.45) is 6.38. The van der Waals surface area contributed by atoms with Gasteiger partial charge in [-0.1, -0.05) is 36.4 Å². The zero-order valence-electron chi connectivity index (χ0n) is 22.7. The van der Waals surface area contributed by atoms with E-state index in [2.05, 4.69) is 20.9 Å². The number of nitrogens with zero attached hydrogens (tertiary/aromatic N) is 5. The fraction of sp³-hybridized carbons (Fsp3) is 0.273. The minimum absolute atomic E-state index is 0.259. The van der Waals surface area contributed by atoms with Gasteiger partial charge in [-0.05, 0) is 98.6 Å². The summed E-state index contributed by atoms with van der Waals surface area (Å²) >= 11 is 0. The molecule has 0 spiro atoms. The molecule has 0 saturated carbocycles. The van der Waals surface area contributed by atoms with Crippen LogP contribution in [0.5, 0.6) is 0 Å². The highest BCUT2D eigenvalue weighted by atomic mass is 19.1. The maximum Gasteiger partial charge on any atom is 0.265 e. The number of benzene rings is 2. The van der Waals surface area contributed by atoms with Gasteiger partial charge in [0.15, 0.2) is 11.4 Å². The van der Waals surface area contributed by atoms with Crippen LogP contribution in [-0.2, 0) is 10.3 Å². The number of amidine groups is 1. The first kappa shape index (κ1) is 26.9. The Morgan fingerprint density at radius 2 is 1.37 bits per heavy atom. The quantitative estimate of drug-likeness (QED) is 0.288. The SMILES string of the molecule is O=C1N(CCCN2CCC(c3ccccn3)CC2)C(c2ccccn2)=NC1(c1ccc(F)cc1)c1ccc(F)cc1. The molecule has 1 saturated heterocycles. The number of hydrogen-bond donors (Lipinski definition) is 0. The lowest BCUT2D eigenvalue weighted by Gasteiger charge is -2.32. The van der Waals surface area contributed by atoms with Gasteiger partial charge < -0.3 is 4.90 Å². The summed E-state index contributed by atoms with van der Waals surface area (Å²) < 4.78 is 27.9. The van der Waals surface area contributed by atoms with Crippen molar-refractivity contribution < 1.29 is 13.6 Å². The van der Waals surface area contributed by atoms with Crippen molar-refractivity contribution in [3.8, 4) is 0 Å². The van der Waals surface area contributed by atoms with Crippen molar-refractivity contribution in [3.63, 3.8) is 0 Å². The van der Waals surface area contributed by atoms with Gasteiger partial charge in [0.05, 0.1) is 0 Å². The Balaban J connectivity index is 1.26. The summed E-state index contributed by atoms with van der Waals surface area (Å²) in [5, 5.41) is 0. The van der Waals surface area contributed by atoms with E-state index in [0.717, 1.165) is 44.6 Å². The van der Waals surface area contributed by atoms with Gasteiger partial charge in [-0.2, -0.15) is 0 Å². The molecule has 2 aliphatic rings. The smallest absolute Gasteiger partial charge is 0.265 e. The summed E-state index contributed by atoms with van der Waals surface area (Å²) in [5.41, 5.74) is 1.29. The molecule has 1 fully saturated rings. The van der Waals surface area contributed by atoms with Crippen molar-refractivity contribution in [2.24, 2.45) is 4.99 Å². The number of aliphatic imine (C=N–C) groups is 1. The molecule has 6 nitrogen and oxygen atoms in total. The second-order valence-electron chi connectivity index (χ2n) is 10.6. The maximum atomic E-state index is 14.4. The number of carbonyl (C=O) groups excluding carboxylic acids is 1. The average molecular weight is 552 g/mol. The number of aromatic nitrogens is 2. The summed E-state index contributed by atoms with van der Waals surface area (Å²) in [4.78, 5) is 32.6. The lowest BCUT2D eigenvalue weighted by Crippen LogP contribution is -2.43. The van der Waals surface area contributed by atoms with Crippen LogP contribution in [-0.4, -0.2) is 57.7 Å². The van der Waals surface area contributed by atoms with Gasteiger partial charge in [0, 0.05) is 30.6 Å². The number of halogens is 2. The fourth-order valence-corrected chi connectivity index (χ4v) is 5.90. The normalized spacial score (nSPS) is 17.6. The number of piperidine rings is 1. The second-order valence-corrected chi connectivity index (χ2v) is 10.6. The summed E-state index contributed by atoms with van der Waals surface area (Å²) in [6, 6.07) is 23.2. The first-order valence-corrected chi connectivity index (χ1v) is 14.0. The lowest BCUT2D eigenvalue weighted by atomic mass is 9.82. The van der Waals surface area contributed by atoms with Gasteiger partial charge in [0.25, 0.3) is 5.91 Å². The largest absolute Gasteiger partial charge is 0.303 e. The minimum atomic E-state index is -1.48. The lowest BCUT2D eigenvalue weighted by molar-refractivity contribution is -0.130. The Hall–Kier alpha value is -4.30. The number of hydrogen-bond acceptors (Lipinski definition) is 5. The molecule has 4 heterocycles. The molecule has 0 N–H and O–H groups in total. The molecule has 0 bridgehead atoms. The van der Waals surface area contributed by atoms with Gasteiger partial charge in [0.2, 0.25) is 0 Å². The van der Waals surface area contributed by atoms with Crippen LogP contribution in [0.2, 0.25) is 0 Å². The predicted molar refractivity (Wildman–Crippen MR) is 153 cm³/mol. The molecule has 6 rings (SSSR count). The van der Waals surface area contributed by atoms with Crippen molar-refractivity contribution in [2.75, 3.05) is 26.2 Å². The van der Waals surface area contributed by atoms with Gasteiger partial charge in [-0.15, -0.1) is 0 Å². The number of rotatable bonds is 8. The monoisotopic (exact) mass is 551 g/mol. The highest BCUT2D eigenvalue weighted by molar-refractivity contribution is 6.16. The third kappa shape index (κ3) is 5.39. The highest BCUT2D eigenvalue weighted by Crippen LogP contribution is 2.41. The van der Waals surface area contributed by atoms with Crippen molar-refractivity contribution in [1.82, 2.24) is 19.8 Å². The minimum Gasteiger partial charge on any atom is -0.303 e. The van der Waals surface area contributed by atoms with Crippen LogP contribution in [0.25, 0.3) is 0 Å². The van der Waals surface area contributed by atoms with Gasteiger partial charge >= 0.3 is 0 Å². The molecule has 1 amide bonds. The first-order valence-electron chi connectivity index (χ1n) is 14.0. The Morgan fingerprint density at radius 1 is 0.756 bits per heavy atom. The van der Waals surface area contributed by atoms with Crippen molar-refractivity contribution >= 4 is 11.7 Å². The second kappa shape index (κ2) is 11.7. The van der Waals surface area contributed by atoms with Crippen molar-refractivity contribution in [1.29, 1.82) is 0 Å². The average Bonchev–Trinajstić information content (AvgIpc) is 3.32. The van der Waals surface area contributed by atoms with E-state index in [1.54, 1.807) is 35.4 Å². The Bertz CT molecular complexity index is 1460. The molecular formula is C33H31F2N5O. The van der Waals surface area contributed by atoms with Crippen LogP contribution < -0.4 is 0 Å². The van der Waals surface area contributed by atoms with Gasteiger partial charge in [-0.25, -0.2) is 13.8 Å². The molecule has 41 heavy (non-hydrogen) atoms. The first-order chi connectivity index (χ1) is 20.0. The summed E-state index contributed by atoms with van der Waals surface area (Å²) in [6.45, 7) is 3.24. The molecular weight excluding hydrogens is 520 g/mol. The zero-order valence-corrected chi connectivity index (χ0v) is 22.7. The van der Waals surface area contributed by atoms with E-state index in [4.69, 9.17) is 4.99 Å². The molecule has 2 aromatic heterocycles. The molecule has 0 atom stereocenters. The zero-order chi connectivity index (χ0) is 28.2. The van der Waals surface area contributed by atoms with Crippen molar-refractivity contribution in [2.45, 2.75) is 30.7 Å². The number of pyridine rings is 2. The summed E-state index contributed by atoms with van der Waals surface area (Å²) in [7, 11) is 0. The number of amides is 1. The van der Waals surface area contributed by atoms with E-state index >= 15 is 0 Å². The number of likely N-dealkylation sites (tertiary alicyclic amines) is 1. The van der Waals surface area contributed by atoms with E-state index < -0.39 is 17.2 Å². The highest BCUT2D eigenvalue weighted by Gasteiger charge is 2.51. The summed E-state index contributed by atoms with van der Waals surface area (Å²) in [5.74, 6) is -0.150. The third-order valence-corrected chi connectivity index (χ3v) is 8.05. The van der Waals surface area contributed by atoms with Crippen LogP contribution in [0.3, 0.4) is 0 Å². The van der Waals surface area contributed by atoms with Gasteiger partial charge in [0.1, 0.15) is 17.3 Å². The van der Waals surface area contributed by atoms with Crippen LogP contribution >= 0.6 is 0 Å². The molecule has 8 heteroatoms. The standard InChI is InChI=1S/C33H31F2N5O/c34-27-12-8-25(9-13-27)33(26-10-14-28(35)15-11-26)32(41)40(31(38-33)30-7-2-4-19-37-30)21-5-20-39-22-16-24(17-23-39)29-6-1-3-18-36-29/h1-4,6-15,18-19,24H,5,16-17,20-23H2. The van der Waals surface area contributed by atoms with Crippen LogP contribution in [0.1, 0.15) is 47.7 Å². The molecule has 0 aliphatic carbocycles. The molecule has 2 aliphatic heterocycles. The van der Waals surface area contributed by atoms with Crippen LogP contribution in [0, 0.1) is 11.6 Å². The van der Waals surface area contributed by atoms with Gasteiger partial charge in [-0.3, -0.25) is 19.7 Å². The molecule has 208 valence electrons. The molecule has 0 unspecified atom stereocenters. The topological polar surface area (TPSA) is 61.7 Å². The third-order valence-electron chi connectivity index (χ3n) is 8.05. The Labute approximate surface area is 238 Å². The van der Waals surface area contributed by atoms with E-state index in [1.165, 1.54) is 24.3 Å². The molecule has 4 aromatic rings. The van der Waals surface area contributed by atoms with E-state index in [-0.39, 0.29) is 5.91 Å². The van der Waals surface area contributed by atoms with Crippen molar-refractivity contribution in [3.05, 3.63) is 131 Å². The van der Waals surface area contributed by atoms with E-state index in [9.17, 15) is 13.6 Å². The maximum absolute atomic E-state index is 14.4. The van der Waals surface area contributed by atoms with E-state index in [1.807, 2.05) is 36.5 Å². The van der Waals surface area contributed by atoms with Crippen LogP contribution in [0.15, 0.2) is 102 Å². The van der Waals surface area contributed by atoms with E-state index in [0.29, 0.717) is 35.1 Å². The Kier molecular flexibility index (Phi) is 7.65. The molecule has 2 aromatic carbocycles.